The van der Waals surface area contributed by atoms with E-state index in [1.54, 1.807) is 0 Å². The van der Waals surface area contributed by atoms with Crippen molar-refractivity contribution in [2.24, 2.45) is 0 Å². The Morgan fingerprint density at radius 1 is 1.05 bits per heavy atom. The van der Waals surface area contributed by atoms with E-state index in [9.17, 15) is 0 Å². The predicted molar refractivity (Wildman–Crippen MR) is 90.3 cm³/mol. The number of nitrogens with one attached hydrogen (secondary N) is 1. The van der Waals surface area contributed by atoms with Crippen LogP contribution in [0.1, 0.15) is 25.0 Å². The standard InChI is InChI=1S/C16H19BrN4/c1-12-11-15(19-14-7-5-13(17)6-8-14)20-16(18-12)21-9-3-2-4-10-21/h5-8,11H,2-4,9-10H2,1H3,(H,18,19,20). The first-order valence-electron chi connectivity index (χ1n) is 7.34. The molecule has 1 N–H and O–H groups in total. The maximum absolute atomic E-state index is 4.67. The third kappa shape index (κ3) is 3.73. The maximum Gasteiger partial charge on any atom is 0.227 e. The monoisotopic (exact) mass is 346 g/mol. The SMILES string of the molecule is Cc1cc(Nc2ccc(Br)cc2)nc(N2CCCCC2)n1. The fourth-order valence-corrected chi connectivity index (χ4v) is 2.80. The Kier molecular flexibility index (Phi) is 4.39. The second-order valence-corrected chi connectivity index (χ2v) is 6.29. The molecule has 1 fully saturated rings. The molecule has 0 amide bonds. The lowest BCUT2D eigenvalue weighted by molar-refractivity contribution is 0.568. The van der Waals surface area contributed by atoms with E-state index in [0.29, 0.717) is 0 Å². The van der Waals surface area contributed by atoms with Gasteiger partial charge in [-0.05, 0) is 50.5 Å². The molecule has 1 saturated heterocycles. The summed E-state index contributed by atoms with van der Waals surface area (Å²) in [4.78, 5) is 11.5. The fraction of sp³-hybridized carbons (Fsp3) is 0.375. The Morgan fingerprint density at radius 2 is 1.76 bits per heavy atom. The minimum atomic E-state index is 0.842. The van der Waals surface area contributed by atoms with Crippen molar-refractivity contribution in [2.45, 2.75) is 26.2 Å². The molecule has 0 aliphatic carbocycles. The largest absolute Gasteiger partial charge is 0.341 e. The van der Waals surface area contributed by atoms with Crippen molar-refractivity contribution in [3.05, 3.63) is 40.5 Å². The zero-order valence-corrected chi connectivity index (χ0v) is 13.7. The van der Waals surface area contributed by atoms with Gasteiger partial charge in [0.15, 0.2) is 0 Å². The molecule has 1 aliphatic heterocycles. The summed E-state index contributed by atoms with van der Waals surface area (Å²) in [6.45, 7) is 4.13. The maximum atomic E-state index is 4.67. The summed E-state index contributed by atoms with van der Waals surface area (Å²) in [5.74, 6) is 1.69. The summed E-state index contributed by atoms with van der Waals surface area (Å²) in [5, 5.41) is 3.35. The highest BCUT2D eigenvalue weighted by atomic mass is 79.9. The molecule has 4 nitrogen and oxygen atoms in total. The van der Waals surface area contributed by atoms with Gasteiger partial charge in [0, 0.05) is 35.0 Å². The van der Waals surface area contributed by atoms with Gasteiger partial charge in [0.25, 0.3) is 0 Å². The molecular weight excluding hydrogens is 328 g/mol. The normalized spacial score (nSPS) is 15.0. The van der Waals surface area contributed by atoms with Crippen LogP contribution >= 0.6 is 15.9 Å². The molecule has 0 radical (unpaired) electrons. The van der Waals surface area contributed by atoms with Crippen LogP contribution in [-0.2, 0) is 0 Å². The Balaban J connectivity index is 1.81. The molecule has 0 atom stereocenters. The Bertz CT molecular complexity index is 606. The van der Waals surface area contributed by atoms with Gasteiger partial charge >= 0.3 is 0 Å². The van der Waals surface area contributed by atoms with Crippen LogP contribution < -0.4 is 10.2 Å². The van der Waals surface area contributed by atoms with Crippen LogP contribution in [0, 0.1) is 6.92 Å². The first kappa shape index (κ1) is 14.3. The van der Waals surface area contributed by atoms with Crippen molar-refractivity contribution in [3.63, 3.8) is 0 Å². The lowest BCUT2D eigenvalue weighted by atomic mass is 10.1. The second-order valence-electron chi connectivity index (χ2n) is 5.37. The van der Waals surface area contributed by atoms with Gasteiger partial charge in [-0.1, -0.05) is 15.9 Å². The summed E-state index contributed by atoms with van der Waals surface area (Å²) in [6, 6.07) is 10.1. The lowest BCUT2D eigenvalue weighted by Crippen LogP contribution is -2.31. The zero-order chi connectivity index (χ0) is 14.7. The quantitative estimate of drug-likeness (QED) is 0.900. The molecule has 0 spiro atoms. The number of anilines is 3. The molecule has 21 heavy (non-hydrogen) atoms. The predicted octanol–water partition coefficient (Wildman–Crippen LogP) is 4.28. The molecule has 0 saturated carbocycles. The number of rotatable bonds is 3. The van der Waals surface area contributed by atoms with Crippen molar-refractivity contribution in [2.75, 3.05) is 23.3 Å². The zero-order valence-electron chi connectivity index (χ0n) is 12.1. The van der Waals surface area contributed by atoms with Gasteiger partial charge in [0.1, 0.15) is 5.82 Å². The molecule has 1 aliphatic rings. The smallest absolute Gasteiger partial charge is 0.227 e. The second kappa shape index (κ2) is 6.43. The van der Waals surface area contributed by atoms with Crippen molar-refractivity contribution < 1.29 is 0 Å². The van der Waals surface area contributed by atoms with Crippen LogP contribution in [0.25, 0.3) is 0 Å². The number of nitrogens with zero attached hydrogens (tertiary/aromatic N) is 3. The number of halogens is 1. The van der Waals surface area contributed by atoms with E-state index in [4.69, 9.17) is 0 Å². The number of hydrogen-bond donors (Lipinski definition) is 1. The van der Waals surface area contributed by atoms with Gasteiger partial charge in [-0.25, -0.2) is 4.98 Å². The van der Waals surface area contributed by atoms with Crippen LogP contribution in [0.15, 0.2) is 34.8 Å². The van der Waals surface area contributed by atoms with E-state index in [0.717, 1.165) is 40.7 Å². The van der Waals surface area contributed by atoms with E-state index in [1.165, 1.54) is 19.3 Å². The van der Waals surface area contributed by atoms with Gasteiger partial charge < -0.3 is 10.2 Å². The van der Waals surface area contributed by atoms with Gasteiger partial charge in [-0.3, -0.25) is 0 Å². The topological polar surface area (TPSA) is 41.1 Å². The molecular formula is C16H19BrN4. The van der Waals surface area contributed by atoms with Gasteiger partial charge in [-0.15, -0.1) is 0 Å². The molecule has 1 aromatic heterocycles. The third-order valence-electron chi connectivity index (χ3n) is 3.60. The average molecular weight is 347 g/mol. The van der Waals surface area contributed by atoms with E-state index in [-0.39, 0.29) is 0 Å². The van der Waals surface area contributed by atoms with Crippen LogP contribution in [0.2, 0.25) is 0 Å². The summed E-state index contributed by atoms with van der Waals surface area (Å²) in [7, 11) is 0. The molecule has 0 unspecified atom stereocenters. The first-order valence-corrected chi connectivity index (χ1v) is 8.13. The number of benzene rings is 1. The molecule has 2 aromatic rings. The molecule has 3 rings (SSSR count). The Morgan fingerprint density at radius 3 is 2.48 bits per heavy atom. The molecule has 2 heterocycles. The summed E-state index contributed by atoms with van der Waals surface area (Å²) < 4.78 is 1.07. The summed E-state index contributed by atoms with van der Waals surface area (Å²) in [5.41, 5.74) is 2.02. The third-order valence-corrected chi connectivity index (χ3v) is 4.13. The molecule has 0 bridgehead atoms. The van der Waals surface area contributed by atoms with E-state index in [2.05, 4.69) is 36.1 Å². The number of aryl methyl sites for hydroxylation is 1. The van der Waals surface area contributed by atoms with Crippen molar-refractivity contribution in [1.29, 1.82) is 0 Å². The van der Waals surface area contributed by atoms with Gasteiger partial charge in [0.05, 0.1) is 0 Å². The minimum absolute atomic E-state index is 0.842. The highest BCUT2D eigenvalue weighted by Crippen LogP contribution is 2.22. The van der Waals surface area contributed by atoms with Crippen LogP contribution in [0.3, 0.4) is 0 Å². The van der Waals surface area contributed by atoms with Crippen molar-refractivity contribution in [3.8, 4) is 0 Å². The van der Waals surface area contributed by atoms with E-state index < -0.39 is 0 Å². The Hall–Kier alpha value is -1.62. The highest BCUT2D eigenvalue weighted by Gasteiger charge is 2.14. The summed E-state index contributed by atoms with van der Waals surface area (Å²) in [6.07, 6.45) is 3.77. The number of aromatic nitrogens is 2. The first-order chi connectivity index (χ1) is 10.2. The van der Waals surface area contributed by atoms with Crippen LogP contribution in [0.5, 0.6) is 0 Å². The van der Waals surface area contributed by atoms with Gasteiger partial charge in [-0.2, -0.15) is 4.98 Å². The molecule has 1 aromatic carbocycles. The average Bonchev–Trinajstić information content (AvgIpc) is 2.50. The van der Waals surface area contributed by atoms with Crippen molar-refractivity contribution in [1.82, 2.24) is 9.97 Å². The van der Waals surface area contributed by atoms with E-state index >= 15 is 0 Å². The molecule has 5 heteroatoms. The molecule has 110 valence electrons. The van der Waals surface area contributed by atoms with Crippen LogP contribution in [0.4, 0.5) is 17.5 Å². The van der Waals surface area contributed by atoms with Gasteiger partial charge in [0.2, 0.25) is 5.95 Å². The minimum Gasteiger partial charge on any atom is -0.341 e. The highest BCUT2D eigenvalue weighted by molar-refractivity contribution is 9.10. The lowest BCUT2D eigenvalue weighted by Gasteiger charge is -2.27. The fourth-order valence-electron chi connectivity index (χ4n) is 2.53. The number of hydrogen-bond acceptors (Lipinski definition) is 4. The summed E-state index contributed by atoms with van der Waals surface area (Å²) >= 11 is 3.45. The van der Waals surface area contributed by atoms with Crippen LogP contribution in [-0.4, -0.2) is 23.1 Å². The number of piperidine rings is 1. The van der Waals surface area contributed by atoms with Crippen molar-refractivity contribution >= 4 is 33.4 Å². The Labute approximate surface area is 133 Å². The van der Waals surface area contributed by atoms with E-state index in [1.807, 2.05) is 37.3 Å².